The van der Waals surface area contributed by atoms with Crippen molar-refractivity contribution in [2.75, 3.05) is 6.61 Å². The molecule has 0 aromatic carbocycles. The standard InChI is InChI=1S/C13H19BrN2O2/c1-8(2)11(7-17)15-13(18)12-5-9(14)6-16(12)10-3-4-10/h5-6,8,10-11,17H,3-4,7H2,1-2H3,(H,15,18)/t11-/m1/s1. The Labute approximate surface area is 116 Å². The van der Waals surface area contributed by atoms with Gasteiger partial charge >= 0.3 is 0 Å². The molecule has 0 saturated heterocycles. The molecule has 1 aliphatic rings. The van der Waals surface area contributed by atoms with Crippen LogP contribution in [0.1, 0.15) is 43.2 Å². The highest BCUT2D eigenvalue weighted by atomic mass is 79.9. The molecule has 2 rings (SSSR count). The summed E-state index contributed by atoms with van der Waals surface area (Å²) in [6.45, 7) is 3.93. The largest absolute Gasteiger partial charge is 0.394 e. The predicted octanol–water partition coefficient (Wildman–Crippen LogP) is 2.33. The number of carbonyl (C=O) groups excluding carboxylic acids is 1. The summed E-state index contributed by atoms with van der Waals surface area (Å²) < 4.78 is 2.94. The first-order chi connectivity index (χ1) is 8.52. The first-order valence-corrected chi connectivity index (χ1v) is 7.11. The van der Waals surface area contributed by atoms with Crippen LogP contribution in [-0.4, -0.2) is 28.2 Å². The number of rotatable bonds is 5. The Balaban J connectivity index is 2.13. The van der Waals surface area contributed by atoms with Crippen LogP contribution in [0.15, 0.2) is 16.7 Å². The number of carbonyl (C=O) groups is 1. The zero-order valence-electron chi connectivity index (χ0n) is 10.7. The predicted molar refractivity (Wildman–Crippen MR) is 73.6 cm³/mol. The molecule has 1 heterocycles. The van der Waals surface area contributed by atoms with E-state index in [9.17, 15) is 9.90 Å². The lowest BCUT2D eigenvalue weighted by Gasteiger charge is -2.20. The molecule has 18 heavy (non-hydrogen) atoms. The molecular weight excluding hydrogens is 296 g/mol. The highest BCUT2D eigenvalue weighted by molar-refractivity contribution is 9.10. The van der Waals surface area contributed by atoms with Crippen LogP contribution < -0.4 is 5.32 Å². The van der Waals surface area contributed by atoms with E-state index in [4.69, 9.17) is 0 Å². The number of aliphatic hydroxyl groups is 1. The van der Waals surface area contributed by atoms with Gasteiger partial charge in [0.1, 0.15) is 5.69 Å². The summed E-state index contributed by atoms with van der Waals surface area (Å²) >= 11 is 3.41. The van der Waals surface area contributed by atoms with Gasteiger partial charge in [0.15, 0.2) is 0 Å². The van der Waals surface area contributed by atoms with Crippen molar-refractivity contribution in [3.05, 3.63) is 22.4 Å². The number of hydrogen-bond acceptors (Lipinski definition) is 2. The second kappa shape index (κ2) is 5.45. The monoisotopic (exact) mass is 314 g/mol. The van der Waals surface area contributed by atoms with Crippen molar-refractivity contribution in [3.8, 4) is 0 Å². The zero-order chi connectivity index (χ0) is 13.3. The number of aliphatic hydroxyl groups excluding tert-OH is 1. The molecule has 1 aliphatic carbocycles. The van der Waals surface area contributed by atoms with Crippen LogP contribution in [0.3, 0.4) is 0 Å². The van der Waals surface area contributed by atoms with E-state index >= 15 is 0 Å². The summed E-state index contributed by atoms with van der Waals surface area (Å²) in [5, 5.41) is 12.1. The first kappa shape index (κ1) is 13.6. The minimum Gasteiger partial charge on any atom is -0.394 e. The number of nitrogens with one attached hydrogen (secondary N) is 1. The zero-order valence-corrected chi connectivity index (χ0v) is 12.3. The van der Waals surface area contributed by atoms with Crippen LogP contribution in [-0.2, 0) is 0 Å². The van der Waals surface area contributed by atoms with Gasteiger partial charge in [-0.05, 0) is 40.8 Å². The van der Waals surface area contributed by atoms with Gasteiger partial charge in [-0.25, -0.2) is 0 Å². The van der Waals surface area contributed by atoms with Gasteiger partial charge in [0.25, 0.3) is 5.91 Å². The Morgan fingerprint density at radius 3 is 2.78 bits per heavy atom. The molecule has 1 aromatic heterocycles. The Morgan fingerprint density at radius 2 is 2.28 bits per heavy atom. The van der Waals surface area contributed by atoms with Crippen molar-refractivity contribution in [1.29, 1.82) is 0 Å². The second-order valence-corrected chi connectivity index (χ2v) is 6.10. The first-order valence-electron chi connectivity index (χ1n) is 6.32. The molecule has 4 nitrogen and oxygen atoms in total. The molecule has 1 fully saturated rings. The van der Waals surface area contributed by atoms with Gasteiger partial charge in [0.05, 0.1) is 12.6 Å². The molecular formula is C13H19BrN2O2. The average molecular weight is 315 g/mol. The van der Waals surface area contributed by atoms with Crippen molar-refractivity contribution >= 4 is 21.8 Å². The number of aromatic nitrogens is 1. The molecule has 1 saturated carbocycles. The van der Waals surface area contributed by atoms with E-state index in [1.165, 1.54) is 0 Å². The minimum atomic E-state index is -0.196. The van der Waals surface area contributed by atoms with E-state index in [-0.39, 0.29) is 24.5 Å². The maximum absolute atomic E-state index is 12.2. The summed E-state index contributed by atoms with van der Waals surface area (Å²) in [5.74, 6) is 0.104. The van der Waals surface area contributed by atoms with Gasteiger partial charge in [-0.2, -0.15) is 0 Å². The van der Waals surface area contributed by atoms with Gasteiger partial charge < -0.3 is 15.0 Å². The van der Waals surface area contributed by atoms with E-state index in [0.717, 1.165) is 17.3 Å². The molecule has 5 heteroatoms. The van der Waals surface area contributed by atoms with E-state index in [1.54, 1.807) is 0 Å². The molecule has 0 bridgehead atoms. The van der Waals surface area contributed by atoms with E-state index < -0.39 is 0 Å². The van der Waals surface area contributed by atoms with Crippen molar-refractivity contribution in [2.45, 2.75) is 38.8 Å². The highest BCUT2D eigenvalue weighted by Gasteiger charge is 2.28. The molecule has 100 valence electrons. The molecule has 1 atom stereocenters. The summed E-state index contributed by atoms with van der Waals surface area (Å²) in [4.78, 5) is 12.2. The Morgan fingerprint density at radius 1 is 1.61 bits per heavy atom. The smallest absolute Gasteiger partial charge is 0.268 e. The third kappa shape index (κ3) is 2.95. The number of amides is 1. The lowest BCUT2D eigenvalue weighted by Crippen LogP contribution is -2.41. The van der Waals surface area contributed by atoms with Gasteiger partial charge in [0, 0.05) is 16.7 Å². The third-order valence-electron chi connectivity index (χ3n) is 3.31. The molecule has 0 radical (unpaired) electrons. The van der Waals surface area contributed by atoms with Crippen LogP contribution in [0.25, 0.3) is 0 Å². The van der Waals surface area contributed by atoms with Gasteiger partial charge in [-0.3, -0.25) is 4.79 Å². The minimum absolute atomic E-state index is 0.0330. The Kier molecular flexibility index (Phi) is 4.12. The average Bonchev–Trinajstić information content (AvgIpc) is 3.08. The number of nitrogens with zero attached hydrogens (tertiary/aromatic N) is 1. The topological polar surface area (TPSA) is 54.3 Å². The van der Waals surface area contributed by atoms with E-state index in [0.29, 0.717) is 11.7 Å². The second-order valence-electron chi connectivity index (χ2n) is 5.19. The van der Waals surface area contributed by atoms with Crippen LogP contribution in [0.5, 0.6) is 0 Å². The van der Waals surface area contributed by atoms with Crippen LogP contribution in [0, 0.1) is 5.92 Å². The fraction of sp³-hybridized carbons (Fsp3) is 0.615. The van der Waals surface area contributed by atoms with Crippen LogP contribution >= 0.6 is 15.9 Å². The van der Waals surface area contributed by atoms with Gasteiger partial charge in [0.2, 0.25) is 0 Å². The van der Waals surface area contributed by atoms with Crippen LogP contribution in [0.4, 0.5) is 0 Å². The lowest BCUT2D eigenvalue weighted by atomic mass is 10.1. The van der Waals surface area contributed by atoms with Crippen LogP contribution in [0.2, 0.25) is 0 Å². The van der Waals surface area contributed by atoms with E-state index in [1.807, 2.05) is 30.7 Å². The fourth-order valence-electron chi connectivity index (χ4n) is 1.95. The maximum atomic E-state index is 12.2. The summed E-state index contributed by atoms with van der Waals surface area (Å²) in [6, 6.07) is 2.10. The third-order valence-corrected chi connectivity index (χ3v) is 3.74. The van der Waals surface area contributed by atoms with Crippen molar-refractivity contribution in [3.63, 3.8) is 0 Å². The quantitative estimate of drug-likeness (QED) is 0.876. The maximum Gasteiger partial charge on any atom is 0.268 e. The van der Waals surface area contributed by atoms with Crippen molar-refractivity contribution in [2.24, 2.45) is 5.92 Å². The molecule has 1 aromatic rings. The summed E-state index contributed by atoms with van der Waals surface area (Å²) in [6.07, 6.45) is 4.22. The summed E-state index contributed by atoms with van der Waals surface area (Å²) in [7, 11) is 0. The molecule has 0 aliphatic heterocycles. The van der Waals surface area contributed by atoms with Gasteiger partial charge in [-0.1, -0.05) is 13.8 Å². The number of hydrogen-bond donors (Lipinski definition) is 2. The molecule has 0 unspecified atom stereocenters. The number of halogens is 1. The van der Waals surface area contributed by atoms with E-state index in [2.05, 4.69) is 21.2 Å². The molecule has 2 N–H and O–H groups in total. The highest BCUT2D eigenvalue weighted by Crippen LogP contribution is 2.37. The summed E-state index contributed by atoms with van der Waals surface area (Å²) in [5.41, 5.74) is 0.670. The Hall–Kier alpha value is -0.810. The van der Waals surface area contributed by atoms with Crippen molar-refractivity contribution in [1.82, 2.24) is 9.88 Å². The van der Waals surface area contributed by atoms with Crippen molar-refractivity contribution < 1.29 is 9.90 Å². The Bertz CT molecular complexity index is 438. The normalized spacial score (nSPS) is 16.9. The fourth-order valence-corrected chi connectivity index (χ4v) is 2.39. The molecule has 0 spiro atoms. The SMILES string of the molecule is CC(C)[C@@H](CO)NC(=O)c1cc(Br)cn1C1CC1. The van der Waals surface area contributed by atoms with Gasteiger partial charge in [-0.15, -0.1) is 0 Å². The molecule has 1 amide bonds. The lowest BCUT2D eigenvalue weighted by molar-refractivity contribution is 0.0887.